The molecule has 2 aromatic heterocycles. The van der Waals surface area contributed by atoms with Gasteiger partial charge in [-0.15, -0.1) is 0 Å². The molecule has 19 heavy (non-hydrogen) atoms. The van der Waals surface area contributed by atoms with Gasteiger partial charge in [0, 0.05) is 31.4 Å². The van der Waals surface area contributed by atoms with E-state index >= 15 is 0 Å². The minimum Gasteiger partial charge on any atom is -0.302 e. The van der Waals surface area contributed by atoms with Crippen molar-refractivity contribution in [3.63, 3.8) is 0 Å². The first-order valence-corrected chi connectivity index (χ1v) is 7.11. The lowest BCUT2D eigenvalue weighted by Crippen LogP contribution is -2.36. The van der Waals surface area contributed by atoms with Gasteiger partial charge in [-0.2, -0.15) is 5.10 Å². The van der Waals surface area contributed by atoms with Crippen LogP contribution in [0.4, 0.5) is 0 Å². The number of rotatable bonds is 3. The Balaban J connectivity index is 1.81. The highest BCUT2D eigenvalue weighted by molar-refractivity contribution is 5.72. The van der Waals surface area contributed by atoms with E-state index < -0.39 is 0 Å². The predicted molar refractivity (Wildman–Crippen MR) is 74.9 cm³/mol. The van der Waals surface area contributed by atoms with Gasteiger partial charge in [-0.1, -0.05) is 13.8 Å². The lowest BCUT2D eigenvalue weighted by atomic mass is 9.93. The second-order valence-electron chi connectivity index (χ2n) is 5.86. The summed E-state index contributed by atoms with van der Waals surface area (Å²) in [6, 6.07) is 0. The lowest BCUT2D eigenvalue weighted by Gasteiger charge is -2.33. The Labute approximate surface area is 113 Å². The van der Waals surface area contributed by atoms with Crippen molar-refractivity contribution in [2.24, 2.45) is 5.92 Å². The van der Waals surface area contributed by atoms with Gasteiger partial charge in [0.25, 0.3) is 0 Å². The molecule has 1 fully saturated rings. The molecule has 3 rings (SSSR count). The van der Waals surface area contributed by atoms with Crippen molar-refractivity contribution < 1.29 is 0 Å². The first-order valence-electron chi connectivity index (χ1n) is 7.11. The van der Waals surface area contributed by atoms with E-state index in [2.05, 4.69) is 38.9 Å². The minimum atomic E-state index is 0.509. The third kappa shape index (κ3) is 2.61. The van der Waals surface area contributed by atoms with Gasteiger partial charge in [0.1, 0.15) is 5.52 Å². The maximum absolute atomic E-state index is 4.43. The highest BCUT2D eigenvalue weighted by Gasteiger charge is 2.25. The molecule has 1 atom stereocenters. The number of hydrogen-bond acceptors (Lipinski definition) is 4. The number of aromatic amines is 1. The molecular weight excluding hydrogens is 238 g/mol. The van der Waals surface area contributed by atoms with Crippen molar-refractivity contribution in [1.29, 1.82) is 0 Å². The second-order valence-corrected chi connectivity index (χ2v) is 5.86. The van der Waals surface area contributed by atoms with Crippen molar-refractivity contribution >= 4 is 11.2 Å². The summed E-state index contributed by atoms with van der Waals surface area (Å²) in [5.41, 5.74) is 2.84. The molecule has 0 saturated carbocycles. The Hall–Kier alpha value is -1.49. The van der Waals surface area contributed by atoms with Crippen LogP contribution >= 0.6 is 0 Å². The van der Waals surface area contributed by atoms with Crippen LogP contribution in [0.15, 0.2) is 12.4 Å². The fraction of sp³-hybridized carbons (Fsp3) is 0.643. The summed E-state index contributed by atoms with van der Waals surface area (Å²) < 4.78 is 0. The molecule has 0 aliphatic carbocycles. The van der Waals surface area contributed by atoms with Crippen LogP contribution in [-0.2, 0) is 0 Å². The zero-order chi connectivity index (χ0) is 13.2. The summed E-state index contributed by atoms with van der Waals surface area (Å²) in [6.45, 7) is 8.05. The van der Waals surface area contributed by atoms with E-state index in [0.717, 1.165) is 29.3 Å². The smallest absolute Gasteiger partial charge is 0.199 e. The normalized spacial score (nSPS) is 21.3. The van der Waals surface area contributed by atoms with Gasteiger partial charge in [-0.3, -0.25) is 5.10 Å². The zero-order valence-corrected chi connectivity index (χ0v) is 11.6. The molecule has 0 unspecified atom stereocenters. The van der Waals surface area contributed by atoms with Gasteiger partial charge in [0.05, 0.1) is 5.69 Å². The van der Waals surface area contributed by atoms with Gasteiger partial charge in [-0.05, 0) is 25.3 Å². The van der Waals surface area contributed by atoms with Crippen LogP contribution < -0.4 is 0 Å². The summed E-state index contributed by atoms with van der Waals surface area (Å²) in [4.78, 5) is 11.2. The fourth-order valence-electron chi connectivity index (χ4n) is 3.03. The summed E-state index contributed by atoms with van der Waals surface area (Å²) in [5, 5.41) is 7.42. The Morgan fingerprint density at radius 1 is 1.37 bits per heavy atom. The van der Waals surface area contributed by atoms with E-state index in [1.54, 1.807) is 12.4 Å². The largest absolute Gasteiger partial charge is 0.302 e. The van der Waals surface area contributed by atoms with Gasteiger partial charge in [-0.25, -0.2) is 9.97 Å². The van der Waals surface area contributed by atoms with Gasteiger partial charge >= 0.3 is 0 Å². The van der Waals surface area contributed by atoms with Crippen molar-refractivity contribution in [3.05, 3.63) is 18.1 Å². The first kappa shape index (κ1) is 12.5. The molecule has 0 spiro atoms. The van der Waals surface area contributed by atoms with Crippen LogP contribution in [0.5, 0.6) is 0 Å². The molecule has 3 heterocycles. The van der Waals surface area contributed by atoms with Crippen LogP contribution in [0.25, 0.3) is 11.2 Å². The van der Waals surface area contributed by atoms with Crippen molar-refractivity contribution in [1.82, 2.24) is 25.1 Å². The number of fused-ring (bicyclic) bond motifs is 1. The number of hydrogen-bond donors (Lipinski definition) is 1. The maximum Gasteiger partial charge on any atom is 0.199 e. The SMILES string of the molecule is CC(C)CN1CCC[C@H](c2[nH]nc3nccnc23)C1. The van der Waals surface area contributed by atoms with Crippen molar-refractivity contribution in [3.8, 4) is 0 Å². The van der Waals surface area contributed by atoms with Crippen LogP contribution in [0.2, 0.25) is 0 Å². The van der Waals surface area contributed by atoms with Gasteiger partial charge in [0.2, 0.25) is 0 Å². The quantitative estimate of drug-likeness (QED) is 0.918. The standard InChI is InChI=1S/C14H21N5/c1-10(2)8-19-7-3-4-11(9-19)12-13-14(18-17-12)16-6-5-15-13/h5-6,10-11H,3-4,7-9H2,1-2H3,(H,16,17,18)/t11-/m0/s1. The molecule has 0 amide bonds. The van der Waals surface area contributed by atoms with E-state index in [1.165, 1.54) is 25.9 Å². The topological polar surface area (TPSA) is 57.7 Å². The van der Waals surface area contributed by atoms with Crippen LogP contribution in [-0.4, -0.2) is 44.7 Å². The number of piperidine rings is 1. The van der Waals surface area contributed by atoms with Crippen LogP contribution in [0.1, 0.15) is 38.3 Å². The Bertz CT molecular complexity index is 548. The molecule has 102 valence electrons. The molecule has 5 heteroatoms. The molecule has 0 aromatic carbocycles. The molecule has 5 nitrogen and oxygen atoms in total. The molecular formula is C14H21N5. The minimum absolute atomic E-state index is 0.509. The summed E-state index contributed by atoms with van der Waals surface area (Å²) in [7, 11) is 0. The number of nitrogens with one attached hydrogen (secondary N) is 1. The molecule has 0 bridgehead atoms. The van der Waals surface area contributed by atoms with E-state index in [-0.39, 0.29) is 0 Å². The number of H-pyrrole nitrogens is 1. The van der Waals surface area contributed by atoms with E-state index in [4.69, 9.17) is 0 Å². The Morgan fingerprint density at radius 3 is 3.05 bits per heavy atom. The van der Waals surface area contributed by atoms with E-state index in [0.29, 0.717) is 5.92 Å². The number of nitrogens with zero attached hydrogens (tertiary/aromatic N) is 4. The average molecular weight is 259 g/mol. The molecule has 0 radical (unpaired) electrons. The highest BCUT2D eigenvalue weighted by atomic mass is 15.2. The Morgan fingerprint density at radius 2 is 2.21 bits per heavy atom. The second kappa shape index (κ2) is 5.25. The molecule has 2 aromatic rings. The monoisotopic (exact) mass is 259 g/mol. The average Bonchev–Trinajstić information content (AvgIpc) is 2.82. The number of aromatic nitrogens is 4. The zero-order valence-electron chi connectivity index (χ0n) is 11.6. The molecule has 1 aliphatic rings. The predicted octanol–water partition coefficient (Wildman–Crippen LogP) is 2.19. The molecule has 1 N–H and O–H groups in total. The first-order chi connectivity index (χ1) is 9.24. The van der Waals surface area contributed by atoms with Gasteiger partial charge < -0.3 is 4.90 Å². The maximum atomic E-state index is 4.43. The highest BCUT2D eigenvalue weighted by Crippen LogP contribution is 2.29. The summed E-state index contributed by atoms with van der Waals surface area (Å²) in [5.74, 6) is 1.23. The fourth-order valence-corrected chi connectivity index (χ4v) is 3.03. The van der Waals surface area contributed by atoms with Crippen LogP contribution in [0.3, 0.4) is 0 Å². The molecule has 1 saturated heterocycles. The summed E-state index contributed by atoms with van der Waals surface area (Å²) in [6.07, 6.45) is 5.90. The van der Waals surface area contributed by atoms with Crippen molar-refractivity contribution in [2.75, 3.05) is 19.6 Å². The molecule has 1 aliphatic heterocycles. The Kier molecular flexibility index (Phi) is 3.46. The number of likely N-dealkylation sites (tertiary alicyclic amines) is 1. The third-order valence-corrected chi connectivity index (χ3v) is 3.75. The van der Waals surface area contributed by atoms with Crippen molar-refractivity contribution in [2.45, 2.75) is 32.6 Å². The lowest BCUT2D eigenvalue weighted by molar-refractivity contribution is 0.187. The summed E-state index contributed by atoms with van der Waals surface area (Å²) >= 11 is 0. The van der Waals surface area contributed by atoms with E-state index in [1.807, 2.05) is 0 Å². The van der Waals surface area contributed by atoms with E-state index in [9.17, 15) is 0 Å². The van der Waals surface area contributed by atoms with Gasteiger partial charge in [0.15, 0.2) is 5.65 Å². The van der Waals surface area contributed by atoms with Crippen LogP contribution in [0, 0.1) is 5.92 Å². The third-order valence-electron chi connectivity index (χ3n) is 3.75.